The summed E-state index contributed by atoms with van der Waals surface area (Å²) >= 11 is 0. The number of pyridine rings is 1. The van der Waals surface area contributed by atoms with E-state index in [1.807, 2.05) is 37.4 Å². The monoisotopic (exact) mass is 394 g/mol. The third-order valence-electron chi connectivity index (χ3n) is 4.74. The number of amides is 1. The summed E-state index contributed by atoms with van der Waals surface area (Å²) < 4.78 is 7.18. The lowest BCUT2D eigenvalue weighted by atomic mass is 10.1. The molecule has 29 heavy (non-hydrogen) atoms. The van der Waals surface area contributed by atoms with Crippen molar-refractivity contribution in [3.63, 3.8) is 0 Å². The highest BCUT2D eigenvalue weighted by Gasteiger charge is 2.23. The van der Waals surface area contributed by atoms with Crippen molar-refractivity contribution >= 4 is 28.4 Å². The van der Waals surface area contributed by atoms with Crippen molar-refractivity contribution in [1.82, 2.24) is 14.9 Å². The van der Waals surface area contributed by atoms with Gasteiger partial charge >= 0.3 is 0 Å². The van der Waals surface area contributed by atoms with Gasteiger partial charge in [-0.05, 0) is 58.9 Å². The van der Waals surface area contributed by atoms with Gasteiger partial charge in [-0.2, -0.15) is 0 Å². The van der Waals surface area contributed by atoms with Gasteiger partial charge in [0.05, 0.1) is 12.2 Å². The predicted molar refractivity (Wildman–Crippen MR) is 118 cm³/mol. The van der Waals surface area contributed by atoms with Gasteiger partial charge < -0.3 is 19.9 Å². The fourth-order valence-corrected chi connectivity index (χ4v) is 3.24. The molecule has 0 spiro atoms. The summed E-state index contributed by atoms with van der Waals surface area (Å²) in [4.78, 5) is 17.7. The Labute approximate surface area is 172 Å². The zero-order valence-corrected chi connectivity index (χ0v) is 18.0. The maximum Gasteiger partial charge on any atom is 0.253 e. The normalized spacial score (nSPS) is 12.8. The second-order valence-corrected chi connectivity index (χ2v) is 8.47. The van der Waals surface area contributed by atoms with Gasteiger partial charge in [-0.3, -0.25) is 4.79 Å². The van der Waals surface area contributed by atoms with Crippen LogP contribution in [0.2, 0.25) is 0 Å². The lowest BCUT2D eigenvalue weighted by Gasteiger charge is -2.22. The van der Waals surface area contributed by atoms with Gasteiger partial charge in [0.2, 0.25) is 0 Å². The Morgan fingerprint density at radius 1 is 1.17 bits per heavy atom. The molecule has 2 aromatic heterocycles. The molecule has 3 aromatic rings. The van der Waals surface area contributed by atoms with Crippen LogP contribution in [0.15, 0.2) is 42.6 Å². The summed E-state index contributed by atoms with van der Waals surface area (Å²) in [5.74, 6) is 0.619. The van der Waals surface area contributed by atoms with E-state index in [1.54, 1.807) is 7.11 Å². The Morgan fingerprint density at radius 2 is 1.86 bits per heavy atom. The van der Waals surface area contributed by atoms with Crippen LogP contribution in [0.4, 0.5) is 11.5 Å². The third kappa shape index (κ3) is 4.77. The van der Waals surface area contributed by atoms with Gasteiger partial charge in [0.15, 0.2) is 0 Å². The van der Waals surface area contributed by atoms with Crippen molar-refractivity contribution in [3.8, 4) is 0 Å². The molecule has 1 amide bonds. The molecule has 0 fully saturated rings. The predicted octanol–water partition coefficient (Wildman–Crippen LogP) is 4.61. The molecule has 6 nitrogen and oxygen atoms in total. The quantitative estimate of drug-likeness (QED) is 0.641. The van der Waals surface area contributed by atoms with Crippen molar-refractivity contribution in [2.45, 2.75) is 46.2 Å². The van der Waals surface area contributed by atoms with Gasteiger partial charge in [-0.25, -0.2) is 4.98 Å². The number of ether oxygens (including phenoxy) is 1. The van der Waals surface area contributed by atoms with E-state index < -0.39 is 0 Å². The lowest BCUT2D eigenvalue weighted by Crippen LogP contribution is -2.35. The molecule has 154 valence electrons. The number of nitrogens with zero attached hydrogens (tertiary/aromatic N) is 2. The van der Waals surface area contributed by atoms with Crippen LogP contribution in [0.5, 0.6) is 0 Å². The van der Waals surface area contributed by atoms with Gasteiger partial charge in [-0.15, -0.1) is 0 Å². The van der Waals surface area contributed by atoms with E-state index in [4.69, 9.17) is 9.72 Å². The first kappa shape index (κ1) is 20.9. The van der Waals surface area contributed by atoms with E-state index in [-0.39, 0.29) is 17.5 Å². The first-order valence-corrected chi connectivity index (χ1v) is 9.85. The standard InChI is InChI=1S/C23H30N4O2/c1-15-7-9-17(10-8-15)25-20-12-11-18-19(22(28)24-16(2)14-29-6)13-27(21(18)26-20)23(3,4)5/h7-13,16H,14H2,1-6H3,(H,24,28)(H,25,26). The van der Waals surface area contributed by atoms with Crippen LogP contribution in [0.1, 0.15) is 43.6 Å². The summed E-state index contributed by atoms with van der Waals surface area (Å²) in [5, 5.41) is 7.17. The van der Waals surface area contributed by atoms with E-state index in [1.165, 1.54) is 5.56 Å². The molecule has 0 bridgehead atoms. The Morgan fingerprint density at radius 3 is 2.48 bits per heavy atom. The zero-order chi connectivity index (χ0) is 21.2. The highest BCUT2D eigenvalue weighted by atomic mass is 16.5. The molecule has 1 atom stereocenters. The van der Waals surface area contributed by atoms with Crippen LogP contribution in [0.25, 0.3) is 11.0 Å². The fourth-order valence-electron chi connectivity index (χ4n) is 3.24. The first-order chi connectivity index (χ1) is 13.7. The van der Waals surface area contributed by atoms with Crippen LogP contribution in [0.3, 0.4) is 0 Å². The maximum atomic E-state index is 12.9. The van der Waals surface area contributed by atoms with Crippen LogP contribution < -0.4 is 10.6 Å². The van der Waals surface area contributed by atoms with Crippen molar-refractivity contribution < 1.29 is 9.53 Å². The minimum absolute atomic E-state index is 0.0732. The molecule has 0 aliphatic rings. The summed E-state index contributed by atoms with van der Waals surface area (Å²) in [5.41, 5.74) is 3.36. The molecule has 0 aliphatic carbocycles. The molecule has 6 heteroatoms. The molecule has 0 saturated heterocycles. The van der Waals surface area contributed by atoms with Gasteiger partial charge in [-0.1, -0.05) is 17.7 Å². The van der Waals surface area contributed by atoms with Gasteiger partial charge in [0.1, 0.15) is 11.5 Å². The molecule has 0 aliphatic heterocycles. The molecule has 0 saturated carbocycles. The number of hydrogen-bond acceptors (Lipinski definition) is 4. The molecule has 2 N–H and O–H groups in total. The number of nitrogens with one attached hydrogen (secondary N) is 2. The zero-order valence-electron chi connectivity index (χ0n) is 18.0. The second-order valence-electron chi connectivity index (χ2n) is 8.47. The number of carbonyl (C=O) groups excluding carboxylic acids is 1. The second kappa shape index (κ2) is 8.25. The summed E-state index contributed by atoms with van der Waals surface area (Å²) in [6.07, 6.45) is 1.89. The SMILES string of the molecule is COCC(C)NC(=O)c1cn(C(C)(C)C)c2nc(Nc3ccc(C)cc3)ccc12. The molecule has 2 heterocycles. The molecule has 1 unspecified atom stereocenters. The molecule has 3 rings (SSSR count). The van der Waals surface area contributed by atoms with E-state index >= 15 is 0 Å². The van der Waals surface area contributed by atoms with Crippen molar-refractivity contribution in [2.75, 3.05) is 19.0 Å². The fraction of sp³-hybridized carbons (Fsp3) is 0.391. The number of anilines is 2. The summed E-state index contributed by atoms with van der Waals surface area (Å²) in [6.45, 7) is 10.7. The van der Waals surface area contributed by atoms with E-state index in [2.05, 4.69) is 55.0 Å². The Balaban J connectivity index is 1.99. The number of aromatic nitrogens is 2. The number of carbonyl (C=O) groups is 1. The molecular formula is C23H30N4O2. The highest BCUT2D eigenvalue weighted by Crippen LogP contribution is 2.28. The number of hydrogen-bond donors (Lipinski definition) is 2. The Kier molecular flexibility index (Phi) is 5.94. The van der Waals surface area contributed by atoms with Crippen molar-refractivity contribution in [1.29, 1.82) is 0 Å². The maximum absolute atomic E-state index is 12.9. The summed E-state index contributed by atoms with van der Waals surface area (Å²) in [6, 6.07) is 12.0. The topological polar surface area (TPSA) is 68.2 Å². The number of fused-ring (bicyclic) bond motifs is 1. The third-order valence-corrected chi connectivity index (χ3v) is 4.74. The van der Waals surface area contributed by atoms with Crippen molar-refractivity contribution in [2.24, 2.45) is 0 Å². The number of benzene rings is 1. The van der Waals surface area contributed by atoms with E-state index in [0.29, 0.717) is 12.2 Å². The molecule has 0 radical (unpaired) electrons. The number of methoxy groups -OCH3 is 1. The van der Waals surface area contributed by atoms with E-state index in [0.717, 1.165) is 22.5 Å². The van der Waals surface area contributed by atoms with Crippen LogP contribution in [-0.2, 0) is 10.3 Å². The van der Waals surface area contributed by atoms with Crippen LogP contribution >= 0.6 is 0 Å². The van der Waals surface area contributed by atoms with Crippen molar-refractivity contribution in [3.05, 3.63) is 53.7 Å². The Bertz CT molecular complexity index is 1000. The van der Waals surface area contributed by atoms with Crippen LogP contribution in [-0.4, -0.2) is 35.2 Å². The van der Waals surface area contributed by atoms with Gasteiger partial charge in [0.25, 0.3) is 5.91 Å². The average molecular weight is 395 g/mol. The first-order valence-electron chi connectivity index (χ1n) is 9.85. The molecular weight excluding hydrogens is 364 g/mol. The highest BCUT2D eigenvalue weighted by molar-refractivity contribution is 6.06. The Hall–Kier alpha value is -2.86. The van der Waals surface area contributed by atoms with Crippen LogP contribution in [0, 0.1) is 6.92 Å². The molecule has 1 aromatic carbocycles. The average Bonchev–Trinajstić information content (AvgIpc) is 3.03. The smallest absolute Gasteiger partial charge is 0.253 e. The van der Waals surface area contributed by atoms with Gasteiger partial charge in [0, 0.05) is 36.0 Å². The minimum atomic E-state index is -0.218. The lowest BCUT2D eigenvalue weighted by molar-refractivity contribution is 0.0907. The minimum Gasteiger partial charge on any atom is -0.383 e. The number of rotatable bonds is 6. The summed E-state index contributed by atoms with van der Waals surface area (Å²) in [7, 11) is 1.63. The largest absolute Gasteiger partial charge is 0.383 e. The number of aryl methyl sites for hydroxylation is 1. The van der Waals surface area contributed by atoms with E-state index in [9.17, 15) is 4.79 Å².